The minimum Gasteiger partial charge on any atom is -0.497 e. The summed E-state index contributed by atoms with van der Waals surface area (Å²) in [4.78, 5) is 22.0. The molecule has 0 bridgehead atoms. The molecule has 146 valence electrons. The zero-order valence-corrected chi connectivity index (χ0v) is 16.1. The van der Waals surface area contributed by atoms with E-state index >= 15 is 0 Å². The number of ether oxygens (including phenoxy) is 2. The molecule has 2 aromatic carbocycles. The fraction of sp³-hybridized carbons (Fsp3) is 0.227. The molecule has 6 heteroatoms. The van der Waals surface area contributed by atoms with Crippen LogP contribution in [0.3, 0.4) is 0 Å². The first-order chi connectivity index (χ1) is 13.4. The third-order valence-electron chi connectivity index (χ3n) is 4.02. The van der Waals surface area contributed by atoms with E-state index in [0.717, 1.165) is 16.9 Å². The van der Waals surface area contributed by atoms with Gasteiger partial charge >= 0.3 is 5.97 Å². The van der Waals surface area contributed by atoms with Crippen molar-refractivity contribution in [3.63, 3.8) is 0 Å². The molecule has 2 aromatic rings. The van der Waals surface area contributed by atoms with Crippen LogP contribution in [0.2, 0.25) is 0 Å². The first-order valence-electron chi connectivity index (χ1n) is 8.87. The molecule has 0 saturated heterocycles. The molecule has 0 N–H and O–H groups in total. The van der Waals surface area contributed by atoms with Crippen molar-refractivity contribution >= 4 is 17.2 Å². The van der Waals surface area contributed by atoms with Gasteiger partial charge in [-0.1, -0.05) is 44.2 Å². The second kappa shape index (κ2) is 10.1. The molecule has 0 atom stereocenters. The van der Waals surface area contributed by atoms with Crippen molar-refractivity contribution in [2.24, 2.45) is 5.92 Å². The Morgan fingerprint density at radius 1 is 1.07 bits per heavy atom. The van der Waals surface area contributed by atoms with Crippen LogP contribution in [0.15, 0.2) is 66.8 Å². The molecule has 0 saturated carbocycles. The van der Waals surface area contributed by atoms with Gasteiger partial charge in [0.05, 0.1) is 18.5 Å². The summed E-state index contributed by atoms with van der Waals surface area (Å²) in [6.07, 6.45) is 5.63. The quantitative estimate of drug-likeness (QED) is 0.207. The number of allylic oxidation sites excluding steroid dienone is 3. The standard InChI is InChI=1S/C22H23NO5/c1-16(2)21(17-8-12-19(27-3)13-9-17)6-4-5-7-22(24)28-20-14-10-18(11-15-20)23(25)26/h4-6,8-16H,7H2,1-3H3/b5-4+,21-6+. The number of non-ortho nitro benzene ring substituents is 1. The molecule has 0 spiro atoms. The topological polar surface area (TPSA) is 78.7 Å². The minimum atomic E-state index is -0.504. The van der Waals surface area contributed by atoms with Gasteiger partial charge in [-0.2, -0.15) is 0 Å². The molecule has 0 aromatic heterocycles. The van der Waals surface area contributed by atoms with E-state index in [0.29, 0.717) is 5.92 Å². The third-order valence-corrected chi connectivity index (χ3v) is 4.02. The molecule has 2 rings (SSSR count). The van der Waals surface area contributed by atoms with Crippen molar-refractivity contribution in [2.45, 2.75) is 20.3 Å². The summed E-state index contributed by atoms with van der Waals surface area (Å²) in [5.41, 5.74) is 2.18. The number of esters is 1. The molecule has 0 amide bonds. The van der Waals surface area contributed by atoms with E-state index in [1.54, 1.807) is 13.2 Å². The van der Waals surface area contributed by atoms with Gasteiger partial charge in [0, 0.05) is 12.1 Å². The molecule has 0 fully saturated rings. The van der Waals surface area contributed by atoms with Crippen LogP contribution >= 0.6 is 0 Å². The Hall–Kier alpha value is -3.41. The Kier molecular flexibility index (Phi) is 7.51. The molecule has 28 heavy (non-hydrogen) atoms. The summed E-state index contributed by atoms with van der Waals surface area (Å²) in [7, 11) is 1.63. The van der Waals surface area contributed by atoms with Gasteiger partial charge in [0.25, 0.3) is 5.69 Å². The van der Waals surface area contributed by atoms with Gasteiger partial charge < -0.3 is 9.47 Å². The second-order valence-corrected chi connectivity index (χ2v) is 6.36. The maximum Gasteiger partial charge on any atom is 0.315 e. The number of benzene rings is 2. The zero-order valence-electron chi connectivity index (χ0n) is 16.1. The molecular formula is C22H23NO5. The lowest BCUT2D eigenvalue weighted by Crippen LogP contribution is -2.06. The molecular weight excluding hydrogens is 358 g/mol. The van der Waals surface area contributed by atoms with Crippen molar-refractivity contribution in [3.8, 4) is 11.5 Å². The molecule has 0 heterocycles. The third kappa shape index (κ3) is 6.09. The van der Waals surface area contributed by atoms with Crippen LogP contribution in [0.25, 0.3) is 5.57 Å². The highest BCUT2D eigenvalue weighted by Crippen LogP contribution is 2.25. The van der Waals surface area contributed by atoms with Crippen molar-refractivity contribution in [3.05, 3.63) is 82.4 Å². The molecule has 0 aliphatic carbocycles. The number of hydrogen-bond donors (Lipinski definition) is 0. The predicted molar refractivity (Wildman–Crippen MR) is 108 cm³/mol. The SMILES string of the molecule is COc1ccc(/C(=C/C=C/CC(=O)Oc2ccc([N+](=O)[O-])cc2)C(C)C)cc1. The van der Waals surface area contributed by atoms with E-state index in [1.165, 1.54) is 24.3 Å². The number of hydrogen-bond acceptors (Lipinski definition) is 5. The average Bonchev–Trinajstić information content (AvgIpc) is 2.68. The van der Waals surface area contributed by atoms with Gasteiger partial charge in [-0.15, -0.1) is 0 Å². The van der Waals surface area contributed by atoms with Gasteiger partial charge in [-0.05, 0) is 41.3 Å². The van der Waals surface area contributed by atoms with Gasteiger partial charge in [-0.25, -0.2) is 0 Å². The lowest BCUT2D eigenvalue weighted by atomic mass is 9.95. The van der Waals surface area contributed by atoms with Crippen molar-refractivity contribution in [1.82, 2.24) is 0 Å². The zero-order chi connectivity index (χ0) is 20.5. The van der Waals surface area contributed by atoms with Crippen LogP contribution < -0.4 is 9.47 Å². The molecule has 0 aliphatic rings. The van der Waals surface area contributed by atoms with E-state index in [1.807, 2.05) is 36.4 Å². The summed E-state index contributed by atoms with van der Waals surface area (Å²) in [6.45, 7) is 4.21. The Balaban J connectivity index is 1.96. The van der Waals surface area contributed by atoms with E-state index in [9.17, 15) is 14.9 Å². The van der Waals surface area contributed by atoms with Crippen LogP contribution in [0.5, 0.6) is 11.5 Å². The highest BCUT2D eigenvalue weighted by Gasteiger charge is 2.08. The van der Waals surface area contributed by atoms with Gasteiger partial charge in [0.2, 0.25) is 0 Å². The second-order valence-electron chi connectivity index (χ2n) is 6.36. The van der Waals surface area contributed by atoms with Crippen LogP contribution in [0.1, 0.15) is 25.8 Å². The highest BCUT2D eigenvalue weighted by molar-refractivity contribution is 5.74. The fourth-order valence-electron chi connectivity index (χ4n) is 2.55. The Bertz CT molecular complexity index is 865. The van der Waals surface area contributed by atoms with E-state index in [-0.39, 0.29) is 17.9 Å². The number of carbonyl (C=O) groups is 1. The summed E-state index contributed by atoms with van der Waals surface area (Å²) in [5, 5.41) is 10.6. The Labute approximate surface area is 164 Å². The van der Waals surface area contributed by atoms with Crippen LogP contribution in [0, 0.1) is 16.0 Å². The van der Waals surface area contributed by atoms with E-state index in [4.69, 9.17) is 9.47 Å². The summed E-state index contributed by atoms with van der Waals surface area (Å²) in [6, 6.07) is 13.2. The number of carbonyl (C=O) groups excluding carboxylic acids is 1. The average molecular weight is 381 g/mol. The Morgan fingerprint density at radius 2 is 1.68 bits per heavy atom. The number of methoxy groups -OCH3 is 1. The molecule has 0 unspecified atom stereocenters. The van der Waals surface area contributed by atoms with Crippen LogP contribution in [0.4, 0.5) is 5.69 Å². The fourth-order valence-corrected chi connectivity index (χ4v) is 2.55. The smallest absolute Gasteiger partial charge is 0.315 e. The normalized spacial score (nSPS) is 11.6. The van der Waals surface area contributed by atoms with Crippen molar-refractivity contribution < 1.29 is 19.2 Å². The van der Waals surface area contributed by atoms with Gasteiger partial charge in [0.1, 0.15) is 11.5 Å². The predicted octanol–water partition coefficient (Wildman–Crippen LogP) is 5.19. The number of nitro groups is 1. The minimum absolute atomic E-state index is 0.0513. The maximum absolute atomic E-state index is 11.9. The first-order valence-corrected chi connectivity index (χ1v) is 8.87. The summed E-state index contributed by atoms with van der Waals surface area (Å²) >= 11 is 0. The Morgan fingerprint density at radius 3 is 2.21 bits per heavy atom. The number of nitro benzene ring substituents is 1. The molecule has 0 aliphatic heterocycles. The van der Waals surface area contributed by atoms with Crippen LogP contribution in [-0.2, 0) is 4.79 Å². The lowest BCUT2D eigenvalue weighted by Gasteiger charge is -2.11. The first kappa shape index (κ1) is 20.9. The number of rotatable bonds is 8. The monoisotopic (exact) mass is 381 g/mol. The van der Waals surface area contributed by atoms with Crippen molar-refractivity contribution in [1.29, 1.82) is 0 Å². The van der Waals surface area contributed by atoms with E-state index in [2.05, 4.69) is 13.8 Å². The van der Waals surface area contributed by atoms with E-state index < -0.39 is 10.9 Å². The van der Waals surface area contributed by atoms with Crippen LogP contribution in [-0.4, -0.2) is 18.0 Å². The highest BCUT2D eigenvalue weighted by atomic mass is 16.6. The molecule has 6 nitrogen and oxygen atoms in total. The largest absolute Gasteiger partial charge is 0.497 e. The van der Waals surface area contributed by atoms with Gasteiger partial charge in [0.15, 0.2) is 0 Å². The maximum atomic E-state index is 11.9. The molecule has 0 radical (unpaired) electrons. The van der Waals surface area contributed by atoms with Gasteiger partial charge in [-0.3, -0.25) is 14.9 Å². The summed E-state index contributed by atoms with van der Waals surface area (Å²) < 4.78 is 10.3. The van der Waals surface area contributed by atoms with Crippen molar-refractivity contribution in [2.75, 3.05) is 7.11 Å². The number of nitrogens with zero attached hydrogens (tertiary/aromatic N) is 1. The summed E-state index contributed by atoms with van der Waals surface area (Å²) in [5.74, 6) is 0.955. The lowest BCUT2D eigenvalue weighted by molar-refractivity contribution is -0.384.